The Morgan fingerprint density at radius 1 is 1.15 bits per heavy atom. The van der Waals surface area contributed by atoms with Crippen LogP contribution in [0.3, 0.4) is 0 Å². The van der Waals surface area contributed by atoms with Crippen LogP contribution in [0.15, 0.2) is 42.5 Å². The van der Waals surface area contributed by atoms with E-state index < -0.39 is 10.5 Å². The van der Waals surface area contributed by atoms with Crippen LogP contribution in [0.4, 0.5) is 11.4 Å². The zero-order valence-corrected chi connectivity index (χ0v) is 19.5. The molecule has 1 saturated heterocycles. The van der Waals surface area contributed by atoms with Crippen LogP contribution in [-0.2, 0) is 4.79 Å². The van der Waals surface area contributed by atoms with Gasteiger partial charge in [0, 0.05) is 36.3 Å². The molecule has 4 rings (SSSR count). The normalized spacial score (nSPS) is 24.7. The van der Waals surface area contributed by atoms with Crippen molar-refractivity contribution in [3.8, 4) is 11.5 Å². The Bertz CT molecular complexity index is 1040. The molecule has 0 radical (unpaired) electrons. The number of piperidine rings is 1. The van der Waals surface area contributed by atoms with Gasteiger partial charge in [0.05, 0.1) is 31.3 Å². The van der Waals surface area contributed by atoms with Crippen molar-refractivity contribution >= 4 is 17.3 Å². The predicted octanol–water partition coefficient (Wildman–Crippen LogP) is 3.92. The zero-order chi connectivity index (χ0) is 24.3. The van der Waals surface area contributed by atoms with Gasteiger partial charge >= 0.3 is 0 Å². The maximum Gasteiger partial charge on any atom is 0.269 e. The van der Waals surface area contributed by atoms with Gasteiger partial charge in [-0.15, -0.1) is 0 Å². The lowest BCUT2D eigenvalue weighted by Gasteiger charge is -2.52. The van der Waals surface area contributed by atoms with Crippen LogP contribution in [0.5, 0.6) is 11.5 Å². The second kappa shape index (κ2) is 9.99. The number of hydrogen-bond donors (Lipinski definition) is 2. The first-order valence-corrected chi connectivity index (χ1v) is 11.6. The summed E-state index contributed by atoms with van der Waals surface area (Å²) >= 11 is 0. The minimum atomic E-state index is -0.749. The Kier molecular flexibility index (Phi) is 7.04. The zero-order valence-electron chi connectivity index (χ0n) is 19.5. The molecule has 9 heteroatoms. The van der Waals surface area contributed by atoms with Crippen LogP contribution in [0.1, 0.15) is 43.7 Å². The molecule has 1 amide bonds. The first kappa shape index (κ1) is 24.0. The van der Waals surface area contributed by atoms with Crippen molar-refractivity contribution in [2.24, 2.45) is 5.92 Å². The summed E-state index contributed by atoms with van der Waals surface area (Å²) < 4.78 is 10.9. The number of amides is 1. The van der Waals surface area contributed by atoms with E-state index >= 15 is 0 Å². The van der Waals surface area contributed by atoms with E-state index in [2.05, 4.69) is 10.2 Å². The van der Waals surface area contributed by atoms with E-state index in [0.29, 0.717) is 30.2 Å². The van der Waals surface area contributed by atoms with Gasteiger partial charge in [0.25, 0.3) is 5.69 Å². The third kappa shape index (κ3) is 4.85. The van der Waals surface area contributed by atoms with Crippen molar-refractivity contribution in [1.29, 1.82) is 0 Å². The molecule has 34 heavy (non-hydrogen) atoms. The predicted molar refractivity (Wildman–Crippen MR) is 127 cm³/mol. The van der Waals surface area contributed by atoms with E-state index in [1.165, 1.54) is 24.3 Å². The molecule has 2 fully saturated rings. The van der Waals surface area contributed by atoms with E-state index in [1.807, 2.05) is 18.2 Å². The Morgan fingerprint density at radius 3 is 2.56 bits per heavy atom. The summed E-state index contributed by atoms with van der Waals surface area (Å²) in [5.74, 6) is 1.03. The molecule has 0 aromatic heterocycles. The number of nitro benzene ring substituents is 1. The SMILES string of the molecule is COc1ccc([C@@H]2[C@@H]3CCCC[C@@]3(O)CCN2CC(=O)Nc2ccc([N+](=O)[O-])cc2)cc1OC. The third-order valence-electron chi connectivity index (χ3n) is 7.13. The Labute approximate surface area is 198 Å². The highest BCUT2D eigenvalue weighted by atomic mass is 16.6. The van der Waals surface area contributed by atoms with Gasteiger partial charge in [-0.2, -0.15) is 0 Å². The lowest BCUT2D eigenvalue weighted by molar-refractivity contribution is -0.384. The minimum absolute atomic E-state index is 0.000255. The number of nitrogens with zero attached hydrogens (tertiary/aromatic N) is 2. The number of hydrogen-bond acceptors (Lipinski definition) is 7. The molecule has 2 aliphatic rings. The van der Waals surface area contributed by atoms with Crippen molar-refractivity contribution < 1.29 is 24.3 Å². The Balaban J connectivity index is 1.58. The first-order chi connectivity index (χ1) is 16.3. The number of ether oxygens (including phenoxy) is 2. The molecule has 2 N–H and O–H groups in total. The Morgan fingerprint density at radius 2 is 1.88 bits per heavy atom. The lowest BCUT2D eigenvalue weighted by Crippen LogP contribution is -2.56. The molecule has 1 heterocycles. The smallest absolute Gasteiger partial charge is 0.269 e. The van der Waals surface area contributed by atoms with E-state index in [-0.39, 0.29) is 30.1 Å². The van der Waals surface area contributed by atoms with E-state index in [0.717, 1.165) is 31.2 Å². The van der Waals surface area contributed by atoms with Gasteiger partial charge < -0.3 is 19.9 Å². The summed E-state index contributed by atoms with van der Waals surface area (Å²) in [6.45, 7) is 0.724. The molecule has 182 valence electrons. The number of aliphatic hydroxyl groups is 1. The number of nitrogens with one attached hydrogen (secondary N) is 1. The summed E-state index contributed by atoms with van der Waals surface area (Å²) in [6.07, 6.45) is 4.32. The second-order valence-corrected chi connectivity index (χ2v) is 9.09. The average Bonchev–Trinajstić information content (AvgIpc) is 2.84. The molecule has 0 bridgehead atoms. The summed E-state index contributed by atoms with van der Waals surface area (Å²) in [5.41, 5.74) is 0.705. The molecule has 9 nitrogen and oxygen atoms in total. The van der Waals surface area contributed by atoms with Crippen molar-refractivity contribution in [2.75, 3.05) is 32.6 Å². The summed E-state index contributed by atoms with van der Waals surface area (Å²) in [6, 6.07) is 11.4. The number of rotatable bonds is 7. The van der Waals surface area contributed by atoms with Gasteiger partial charge in [0.1, 0.15) is 0 Å². The molecular weight excluding hydrogens is 438 g/mol. The fourth-order valence-corrected chi connectivity index (χ4v) is 5.45. The number of methoxy groups -OCH3 is 2. The van der Waals surface area contributed by atoms with Gasteiger partial charge in [-0.25, -0.2) is 0 Å². The standard InChI is InChI=1S/C25H31N3O6/c1-33-21-11-6-17(15-22(21)34-2)24-20-5-3-4-12-25(20,30)13-14-27(24)16-23(29)26-18-7-9-19(10-8-18)28(31)32/h6-11,15,20,24,30H,3-5,12-14,16H2,1-2H3,(H,26,29)/t20-,24+,25+/m0/s1. The fourth-order valence-electron chi connectivity index (χ4n) is 5.45. The number of fused-ring (bicyclic) bond motifs is 1. The summed E-state index contributed by atoms with van der Waals surface area (Å²) in [7, 11) is 3.18. The summed E-state index contributed by atoms with van der Waals surface area (Å²) in [4.78, 5) is 25.5. The molecular formula is C25H31N3O6. The minimum Gasteiger partial charge on any atom is -0.493 e. The van der Waals surface area contributed by atoms with Gasteiger partial charge in [0.15, 0.2) is 11.5 Å². The van der Waals surface area contributed by atoms with Crippen molar-refractivity contribution in [3.63, 3.8) is 0 Å². The van der Waals surface area contributed by atoms with Crippen molar-refractivity contribution in [3.05, 3.63) is 58.1 Å². The number of anilines is 1. The van der Waals surface area contributed by atoms with Crippen LogP contribution in [-0.4, -0.2) is 53.7 Å². The molecule has 0 unspecified atom stereocenters. The van der Waals surface area contributed by atoms with E-state index in [9.17, 15) is 20.0 Å². The van der Waals surface area contributed by atoms with Gasteiger partial charge in [-0.05, 0) is 49.1 Å². The number of nitro groups is 1. The van der Waals surface area contributed by atoms with Crippen LogP contribution in [0, 0.1) is 16.0 Å². The molecule has 2 aromatic carbocycles. The first-order valence-electron chi connectivity index (χ1n) is 11.6. The van der Waals surface area contributed by atoms with Crippen molar-refractivity contribution in [1.82, 2.24) is 4.90 Å². The van der Waals surface area contributed by atoms with Gasteiger partial charge in [-0.1, -0.05) is 18.9 Å². The number of likely N-dealkylation sites (tertiary alicyclic amines) is 1. The number of benzene rings is 2. The van der Waals surface area contributed by atoms with Crippen molar-refractivity contribution in [2.45, 2.75) is 43.7 Å². The number of non-ortho nitro benzene ring substituents is 1. The van der Waals surface area contributed by atoms with E-state index in [1.54, 1.807) is 14.2 Å². The highest BCUT2D eigenvalue weighted by Crippen LogP contribution is 2.50. The van der Waals surface area contributed by atoms with Gasteiger partial charge in [0.2, 0.25) is 5.91 Å². The molecule has 2 aromatic rings. The Hall–Kier alpha value is -3.17. The molecule has 1 aliphatic heterocycles. The average molecular weight is 470 g/mol. The van der Waals surface area contributed by atoms with Gasteiger partial charge in [-0.3, -0.25) is 19.8 Å². The van der Waals surface area contributed by atoms with Crippen LogP contribution in [0.2, 0.25) is 0 Å². The monoisotopic (exact) mass is 469 g/mol. The fraction of sp³-hybridized carbons (Fsp3) is 0.480. The quantitative estimate of drug-likeness (QED) is 0.467. The highest BCUT2D eigenvalue weighted by molar-refractivity contribution is 5.92. The lowest BCUT2D eigenvalue weighted by atomic mass is 9.66. The number of carbonyl (C=O) groups is 1. The molecule has 3 atom stereocenters. The third-order valence-corrected chi connectivity index (χ3v) is 7.13. The highest BCUT2D eigenvalue weighted by Gasteiger charge is 2.49. The summed E-state index contributed by atoms with van der Waals surface area (Å²) in [5, 5.41) is 25.2. The van der Waals surface area contributed by atoms with Crippen LogP contribution < -0.4 is 14.8 Å². The second-order valence-electron chi connectivity index (χ2n) is 9.09. The maximum atomic E-state index is 12.9. The van der Waals surface area contributed by atoms with Crippen LogP contribution in [0.25, 0.3) is 0 Å². The topological polar surface area (TPSA) is 114 Å². The van der Waals surface area contributed by atoms with E-state index in [4.69, 9.17) is 9.47 Å². The largest absolute Gasteiger partial charge is 0.493 e. The molecule has 1 aliphatic carbocycles. The number of carbonyl (C=O) groups excluding carboxylic acids is 1. The molecule has 0 spiro atoms. The maximum absolute atomic E-state index is 12.9. The molecule has 1 saturated carbocycles. The van der Waals surface area contributed by atoms with Crippen LogP contribution >= 0.6 is 0 Å².